The molecule has 0 spiro atoms. The average molecular weight is 217 g/mol. The van der Waals surface area contributed by atoms with Crippen molar-refractivity contribution in [1.82, 2.24) is 4.90 Å². The second kappa shape index (κ2) is 6.13. The highest BCUT2D eigenvalue weighted by Crippen LogP contribution is 2.11. The van der Waals surface area contributed by atoms with E-state index < -0.39 is 0 Å². The van der Waals surface area contributed by atoms with Crippen molar-refractivity contribution < 1.29 is 5.11 Å². The lowest BCUT2D eigenvalue weighted by Gasteiger charge is -2.20. The maximum atomic E-state index is 8.95. The predicted molar refractivity (Wildman–Crippen MR) is 67.5 cm³/mol. The Hall–Kier alpha value is -1.54. The minimum absolute atomic E-state index is 0.0966. The molecular weight excluding hydrogens is 198 g/mol. The molecule has 0 aliphatic carbocycles. The smallest absolute Gasteiger partial charge is 0.0681 e. The molecule has 0 radical (unpaired) electrons. The van der Waals surface area contributed by atoms with Crippen molar-refractivity contribution in [2.24, 2.45) is 0 Å². The molecule has 0 aliphatic rings. The molecule has 0 saturated heterocycles. The molecule has 1 N–H and O–H groups in total. The van der Waals surface area contributed by atoms with Crippen LogP contribution in [0.1, 0.15) is 25.0 Å². The number of hydrogen-bond acceptors (Lipinski definition) is 2. The first-order valence-electron chi connectivity index (χ1n) is 5.41. The third-order valence-corrected chi connectivity index (χ3v) is 2.38. The molecule has 0 fully saturated rings. The predicted octanol–water partition coefficient (Wildman–Crippen LogP) is 3.05. The topological polar surface area (TPSA) is 23.5 Å². The quantitative estimate of drug-likeness (QED) is 0.819. The molecule has 0 bridgehead atoms. The summed E-state index contributed by atoms with van der Waals surface area (Å²) in [5, 5.41) is 8.95. The SMILES string of the molecule is C=C(C)N(/C=C\C)Cc1ccc(CO)cc1. The molecule has 2 nitrogen and oxygen atoms in total. The zero-order valence-electron chi connectivity index (χ0n) is 9.98. The highest BCUT2D eigenvalue weighted by molar-refractivity contribution is 5.22. The minimum atomic E-state index is 0.0966. The van der Waals surface area contributed by atoms with Gasteiger partial charge < -0.3 is 10.0 Å². The van der Waals surface area contributed by atoms with Gasteiger partial charge in [-0.15, -0.1) is 0 Å². The van der Waals surface area contributed by atoms with E-state index >= 15 is 0 Å². The standard InChI is InChI=1S/C14H19NO/c1-4-9-15(12(2)3)10-13-5-7-14(11-16)8-6-13/h4-9,16H,2,10-11H2,1,3H3/b9-4-. The summed E-state index contributed by atoms with van der Waals surface area (Å²) in [7, 11) is 0. The summed E-state index contributed by atoms with van der Waals surface area (Å²) in [5.41, 5.74) is 3.17. The number of benzene rings is 1. The molecule has 0 amide bonds. The average Bonchev–Trinajstić information content (AvgIpc) is 2.29. The van der Waals surface area contributed by atoms with Crippen LogP contribution in [0, 0.1) is 0 Å². The fourth-order valence-electron chi connectivity index (χ4n) is 1.44. The van der Waals surface area contributed by atoms with Gasteiger partial charge in [0.15, 0.2) is 0 Å². The van der Waals surface area contributed by atoms with Crippen LogP contribution in [0.25, 0.3) is 0 Å². The van der Waals surface area contributed by atoms with Gasteiger partial charge >= 0.3 is 0 Å². The second-order valence-electron chi connectivity index (χ2n) is 3.82. The highest BCUT2D eigenvalue weighted by Gasteiger charge is 2.01. The summed E-state index contributed by atoms with van der Waals surface area (Å²) in [6.07, 6.45) is 4.01. The van der Waals surface area contributed by atoms with Gasteiger partial charge in [-0.1, -0.05) is 36.9 Å². The molecular formula is C14H19NO. The van der Waals surface area contributed by atoms with E-state index in [0.29, 0.717) is 0 Å². The summed E-state index contributed by atoms with van der Waals surface area (Å²) in [4.78, 5) is 2.09. The Morgan fingerprint density at radius 3 is 2.31 bits per heavy atom. The lowest BCUT2D eigenvalue weighted by atomic mass is 10.1. The number of aliphatic hydroxyl groups is 1. The molecule has 0 aromatic heterocycles. The van der Waals surface area contributed by atoms with Crippen LogP contribution in [-0.4, -0.2) is 10.0 Å². The summed E-state index contributed by atoms with van der Waals surface area (Å²) in [5.74, 6) is 0. The normalized spacial score (nSPS) is 10.7. The molecule has 0 aliphatic heterocycles. The maximum Gasteiger partial charge on any atom is 0.0681 e. The first-order valence-corrected chi connectivity index (χ1v) is 5.41. The molecule has 2 heteroatoms. The van der Waals surface area contributed by atoms with Crippen LogP contribution in [0.4, 0.5) is 0 Å². The van der Waals surface area contributed by atoms with E-state index in [-0.39, 0.29) is 6.61 Å². The largest absolute Gasteiger partial charge is 0.392 e. The Labute approximate surface area is 97.5 Å². The maximum absolute atomic E-state index is 8.95. The number of allylic oxidation sites excluding steroid dienone is 2. The van der Waals surface area contributed by atoms with E-state index in [1.54, 1.807) is 0 Å². The Bertz CT molecular complexity index is 365. The van der Waals surface area contributed by atoms with Crippen LogP contribution in [0.15, 0.2) is 48.8 Å². The van der Waals surface area contributed by atoms with Crippen molar-refractivity contribution in [2.75, 3.05) is 0 Å². The van der Waals surface area contributed by atoms with Gasteiger partial charge in [-0.25, -0.2) is 0 Å². The summed E-state index contributed by atoms with van der Waals surface area (Å²) in [6.45, 7) is 8.83. The Kier molecular flexibility index (Phi) is 4.80. The lowest BCUT2D eigenvalue weighted by molar-refractivity contribution is 0.282. The first kappa shape index (κ1) is 12.5. The van der Waals surface area contributed by atoms with Gasteiger partial charge in [0.05, 0.1) is 6.61 Å². The van der Waals surface area contributed by atoms with Gasteiger partial charge in [0.25, 0.3) is 0 Å². The molecule has 86 valence electrons. The fourth-order valence-corrected chi connectivity index (χ4v) is 1.44. The molecule has 0 saturated carbocycles. The number of aliphatic hydroxyl groups excluding tert-OH is 1. The van der Waals surface area contributed by atoms with Crippen molar-refractivity contribution in [3.63, 3.8) is 0 Å². The zero-order valence-corrected chi connectivity index (χ0v) is 9.98. The third-order valence-electron chi connectivity index (χ3n) is 2.38. The van der Waals surface area contributed by atoms with Gasteiger partial charge in [-0.05, 0) is 31.2 Å². The summed E-state index contributed by atoms with van der Waals surface area (Å²) >= 11 is 0. The van der Waals surface area contributed by atoms with Crippen LogP contribution in [0.3, 0.4) is 0 Å². The number of rotatable bonds is 5. The molecule has 1 rings (SSSR count). The van der Waals surface area contributed by atoms with Crippen LogP contribution in [0.2, 0.25) is 0 Å². The van der Waals surface area contributed by atoms with Crippen LogP contribution >= 0.6 is 0 Å². The van der Waals surface area contributed by atoms with E-state index in [2.05, 4.69) is 11.5 Å². The Balaban J connectivity index is 2.73. The van der Waals surface area contributed by atoms with Gasteiger partial charge in [0.2, 0.25) is 0 Å². The van der Waals surface area contributed by atoms with Crippen LogP contribution in [0.5, 0.6) is 0 Å². The Morgan fingerprint density at radius 2 is 1.88 bits per heavy atom. The molecule has 16 heavy (non-hydrogen) atoms. The van der Waals surface area contributed by atoms with Crippen molar-refractivity contribution in [3.05, 3.63) is 59.9 Å². The van der Waals surface area contributed by atoms with Gasteiger partial charge in [-0.2, -0.15) is 0 Å². The van der Waals surface area contributed by atoms with E-state index in [9.17, 15) is 0 Å². The second-order valence-corrected chi connectivity index (χ2v) is 3.82. The number of hydrogen-bond donors (Lipinski definition) is 1. The van der Waals surface area contributed by atoms with Crippen molar-refractivity contribution in [3.8, 4) is 0 Å². The fraction of sp³-hybridized carbons (Fsp3) is 0.286. The molecule has 0 heterocycles. The molecule has 1 aromatic rings. The van der Waals surface area contributed by atoms with Crippen molar-refractivity contribution in [2.45, 2.75) is 27.0 Å². The molecule has 0 atom stereocenters. The van der Waals surface area contributed by atoms with Gasteiger partial charge in [0.1, 0.15) is 0 Å². The van der Waals surface area contributed by atoms with E-state index in [1.165, 1.54) is 5.56 Å². The van der Waals surface area contributed by atoms with E-state index in [0.717, 1.165) is 17.8 Å². The molecule has 0 unspecified atom stereocenters. The van der Waals surface area contributed by atoms with Gasteiger partial charge in [-0.3, -0.25) is 0 Å². The first-order chi connectivity index (χ1) is 7.67. The van der Waals surface area contributed by atoms with Crippen molar-refractivity contribution >= 4 is 0 Å². The van der Waals surface area contributed by atoms with Crippen LogP contribution < -0.4 is 0 Å². The van der Waals surface area contributed by atoms with Crippen LogP contribution in [-0.2, 0) is 13.2 Å². The minimum Gasteiger partial charge on any atom is -0.392 e. The third kappa shape index (κ3) is 3.55. The highest BCUT2D eigenvalue weighted by atomic mass is 16.3. The van der Waals surface area contributed by atoms with E-state index in [1.807, 2.05) is 50.4 Å². The van der Waals surface area contributed by atoms with E-state index in [4.69, 9.17) is 5.11 Å². The molecule has 1 aromatic carbocycles. The number of nitrogens with zero attached hydrogens (tertiary/aromatic N) is 1. The Morgan fingerprint density at radius 1 is 1.31 bits per heavy atom. The lowest BCUT2D eigenvalue weighted by Crippen LogP contribution is -2.13. The summed E-state index contributed by atoms with van der Waals surface area (Å²) in [6, 6.07) is 7.96. The monoisotopic (exact) mass is 217 g/mol. The van der Waals surface area contributed by atoms with Gasteiger partial charge in [0, 0.05) is 12.2 Å². The summed E-state index contributed by atoms with van der Waals surface area (Å²) < 4.78 is 0. The van der Waals surface area contributed by atoms with Crippen molar-refractivity contribution in [1.29, 1.82) is 0 Å². The zero-order chi connectivity index (χ0) is 12.0.